The fourth-order valence-electron chi connectivity index (χ4n) is 1.54. The van der Waals surface area contributed by atoms with Crippen LogP contribution in [0.1, 0.15) is 19.4 Å². The molecule has 2 rings (SSSR count). The fourth-order valence-corrected chi connectivity index (χ4v) is 1.54. The summed E-state index contributed by atoms with van der Waals surface area (Å²) in [5, 5.41) is 0. The molecule has 1 aromatic rings. The van der Waals surface area contributed by atoms with E-state index in [4.69, 9.17) is 9.47 Å². The highest BCUT2D eigenvalue weighted by Gasteiger charge is 2.28. The molecule has 0 bridgehead atoms. The van der Waals surface area contributed by atoms with Crippen molar-refractivity contribution in [1.82, 2.24) is 0 Å². The zero-order valence-corrected chi connectivity index (χ0v) is 9.92. The summed E-state index contributed by atoms with van der Waals surface area (Å²) in [5.41, 5.74) is 0.882. The maximum atomic E-state index is 11.6. The largest absolute Gasteiger partial charge is 0.475 e. The smallest absolute Gasteiger partial charge is 0.334 e. The Morgan fingerprint density at radius 3 is 2.76 bits per heavy atom. The molecule has 1 aliphatic heterocycles. The Morgan fingerprint density at radius 2 is 2.12 bits per heavy atom. The van der Waals surface area contributed by atoms with Crippen LogP contribution in [0.15, 0.2) is 35.3 Å². The van der Waals surface area contributed by atoms with Gasteiger partial charge in [0.05, 0.1) is 6.10 Å². The lowest BCUT2D eigenvalue weighted by Crippen LogP contribution is -2.25. The number of nitrogens with zero attached hydrogens (tertiary/aromatic N) is 1. The molecule has 0 aromatic heterocycles. The molecular formula is C13H15NO3. The number of esters is 1. The minimum atomic E-state index is -0.535. The van der Waals surface area contributed by atoms with Crippen LogP contribution in [-0.4, -0.2) is 30.6 Å². The first-order valence-electron chi connectivity index (χ1n) is 5.63. The van der Waals surface area contributed by atoms with Crippen molar-refractivity contribution >= 4 is 11.9 Å². The average molecular weight is 233 g/mol. The van der Waals surface area contributed by atoms with Gasteiger partial charge in [0.25, 0.3) is 0 Å². The van der Waals surface area contributed by atoms with Crippen LogP contribution in [0.2, 0.25) is 0 Å². The van der Waals surface area contributed by atoms with E-state index in [1.54, 1.807) is 0 Å². The lowest BCUT2D eigenvalue weighted by atomic mass is 10.2. The third-order valence-corrected chi connectivity index (χ3v) is 2.30. The number of rotatable bonds is 3. The second-order valence-electron chi connectivity index (χ2n) is 4.11. The van der Waals surface area contributed by atoms with E-state index < -0.39 is 6.04 Å². The summed E-state index contributed by atoms with van der Waals surface area (Å²) in [7, 11) is 0. The highest BCUT2D eigenvalue weighted by molar-refractivity contribution is 5.97. The topological polar surface area (TPSA) is 47.9 Å². The van der Waals surface area contributed by atoms with Gasteiger partial charge in [0, 0.05) is 5.56 Å². The Balaban J connectivity index is 2.07. The summed E-state index contributed by atoms with van der Waals surface area (Å²) < 4.78 is 10.5. The molecule has 4 heteroatoms. The number of carbonyl (C=O) groups is 1. The van der Waals surface area contributed by atoms with Gasteiger partial charge in [-0.1, -0.05) is 18.2 Å². The third-order valence-electron chi connectivity index (χ3n) is 2.30. The fraction of sp³-hybridized carbons (Fsp3) is 0.385. The predicted molar refractivity (Wildman–Crippen MR) is 63.9 cm³/mol. The summed E-state index contributed by atoms with van der Waals surface area (Å²) >= 11 is 0. The number of ether oxygens (including phenoxy) is 2. The van der Waals surface area contributed by atoms with E-state index in [1.165, 1.54) is 0 Å². The van der Waals surface area contributed by atoms with Crippen molar-refractivity contribution in [2.75, 3.05) is 6.61 Å². The first-order valence-corrected chi connectivity index (χ1v) is 5.63. The second-order valence-corrected chi connectivity index (χ2v) is 4.11. The van der Waals surface area contributed by atoms with Gasteiger partial charge in [-0.15, -0.1) is 0 Å². The van der Waals surface area contributed by atoms with Crippen molar-refractivity contribution < 1.29 is 14.3 Å². The van der Waals surface area contributed by atoms with Crippen LogP contribution in [0, 0.1) is 0 Å². The van der Waals surface area contributed by atoms with Gasteiger partial charge in [-0.2, -0.15) is 0 Å². The van der Waals surface area contributed by atoms with E-state index in [-0.39, 0.29) is 18.7 Å². The van der Waals surface area contributed by atoms with Crippen LogP contribution in [-0.2, 0) is 14.3 Å². The normalized spacial score (nSPS) is 18.8. The van der Waals surface area contributed by atoms with Gasteiger partial charge in [0.15, 0.2) is 6.04 Å². The molecule has 0 N–H and O–H groups in total. The molecular weight excluding hydrogens is 218 g/mol. The molecule has 0 unspecified atom stereocenters. The van der Waals surface area contributed by atoms with Gasteiger partial charge >= 0.3 is 5.97 Å². The highest BCUT2D eigenvalue weighted by atomic mass is 16.6. The predicted octanol–water partition coefficient (Wildman–Crippen LogP) is 1.78. The van der Waals surface area contributed by atoms with Crippen molar-refractivity contribution in [2.45, 2.75) is 26.0 Å². The molecule has 1 aliphatic rings. The standard InChI is InChI=1S/C13H15NO3/c1-9(2)17-13(15)11-8-16-12(14-11)10-6-4-3-5-7-10/h3-7,9,11H,8H2,1-2H3/t11-/m0/s1. The Morgan fingerprint density at radius 1 is 1.41 bits per heavy atom. The molecule has 90 valence electrons. The Labute approximate surface area is 100 Å². The first kappa shape index (κ1) is 11.6. The van der Waals surface area contributed by atoms with E-state index >= 15 is 0 Å². The van der Waals surface area contributed by atoms with Crippen LogP contribution in [0.4, 0.5) is 0 Å². The van der Waals surface area contributed by atoms with E-state index in [2.05, 4.69) is 4.99 Å². The molecule has 4 nitrogen and oxygen atoms in total. The molecule has 1 aromatic carbocycles. The van der Waals surface area contributed by atoms with E-state index in [1.807, 2.05) is 44.2 Å². The summed E-state index contributed by atoms with van der Waals surface area (Å²) in [4.78, 5) is 15.9. The summed E-state index contributed by atoms with van der Waals surface area (Å²) in [5.74, 6) is 0.183. The van der Waals surface area contributed by atoms with Gasteiger partial charge in [-0.05, 0) is 26.0 Å². The molecule has 17 heavy (non-hydrogen) atoms. The Kier molecular flexibility index (Phi) is 3.42. The highest BCUT2D eigenvalue weighted by Crippen LogP contribution is 2.13. The molecule has 0 saturated carbocycles. The summed E-state index contributed by atoms with van der Waals surface area (Å²) in [6.45, 7) is 3.89. The van der Waals surface area contributed by atoms with Crippen LogP contribution in [0.3, 0.4) is 0 Å². The molecule has 1 atom stereocenters. The SMILES string of the molecule is CC(C)OC(=O)[C@@H]1COC(c2ccccc2)=N1. The molecule has 0 amide bonds. The lowest BCUT2D eigenvalue weighted by Gasteiger charge is -2.09. The molecule has 1 heterocycles. The number of aliphatic imine (C=N–C) groups is 1. The van der Waals surface area contributed by atoms with E-state index in [9.17, 15) is 4.79 Å². The first-order chi connectivity index (χ1) is 8.16. The molecule has 0 aliphatic carbocycles. The van der Waals surface area contributed by atoms with Crippen molar-refractivity contribution in [2.24, 2.45) is 4.99 Å². The number of carbonyl (C=O) groups excluding carboxylic acids is 1. The van der Waals surface area contributed by atoms with Crippen molar-refractivity contribution in [3.8, 4) is 0 Å². The number of hydrogen-bond donors (Lipinski definition) is 0. The molecule has 0 fully saturated rings. The zero-order chi connectivity index (χ0) is 12.3. The van der Waals surface area contributed by atoms with Gasteiger partial charge in [0.2, 0.25) is 5.90 Å². The van der Waals surface area contributed by atoms with E-state index in [0.29, 0.717) is 5.90 Å². The van der Waals surface area contributed by atoms with E-state index in [0.717, 1.165) is 5.56 Å². The average Bonchev–Trinajstić information content (AvgIpc) is 2.78. The Hall–Kier alpha value is -1.84. The maximum Gasteiger partial charge on any atom is 0.334 e. The van der Waals surface area contributed by atoms with Gasteiger partial charge < -0.3 is 9.47 Å². The number of hydrogen-bond acceptors (Lipinski definition) is 4. The van der Waals surface area contributed by atoms with Crippen molar-refractivity contribution in [3.05, 3.63) is 35.9 Å². The summed E-state index contributed by atoms with van der Waals surface area (Å²) in [6.07, 6.45) is -0.126. The van der Waals surface area contributed by atoms with Gasteiger partial charge in [-0.3, -0.25) is 0 Å². The Bertz CT molecular complexity index is 426. The van der Waals surface area contributed by atoms with Gasteiger partial charge in [-0.25, -0.2) is 9.79 Å². The maximum absolute atomic E-state index is 11.6. The van der Waals surface area contributed by atoms with Crippen molar-refractivity contribution in [3.63, 3.8) is 0 Å². The minimum Gasteiger partial charge on any atom is -0.475 e. The molecule has 0 radical (unpaired) electrons. The molecule has 0 spiro atoms. The third kappa shape index (κ3) is 2.84. The van der Waals surface area contributed by atoms with Crippen molar-refractivity contribution in [1.29, 1.82) is 0 Å². The minimum absolute atomic E-state index is 0.126. The number of benzene rings is 1. The van der Waals surface area contributed by atoms with Crippen LogP contribution >= 0.6 is 0 Å². The van der Waals surface area contributed by atoms with Crippen LogP contribution < -0.4 is 0 Å². The summed E-state index contributed by atoms with van der Waals surface area (Å²) in [6, 6.07) is 8.99. The van der Waals surface area contributed by atoms with Gasteiger partial charge in [0.1, 0.15) is 6.61 Å². The molecule has 0 saturated heterocycles. The monoisotopic (exact) mass is 233 g/mol. The lowest BCUT2D eigenvalue weighted by molar-refractivity contribution is -0.149. The zero-order valence-electron chi connectivity index (χ0n) is 9.92. The van der Waals surface area contributed by atoms with Crippen LogP contribution in [0.5, 0.6) is 0 Å². The quantitative estimate of drug-likeness (QED) is 0.748. The second kappa shape index (κ2) is 4.99. The van der Waals surface area contributed by atoms with Crippen LogP contribution in [0.25, 0.3) is 0 Å².